The topological polar surface area (TPSA) is 79.5 Å². The maximum atomic E-state index is 12.4. The van der Waals surface area contributed by atoms with Gasteiger partial charge in [-0.3, -0.25) is 14.9 Å². The molecule has 3 rings (SSSR count). The summed E-state index contributed by atoms with van der Waals surface area (Å²) in [4.78, 5) is 24.6. The lowest BCUT2D eigenvalue weighted by atomic mass is 10.1. The van der Waals surface area contributed by atoms with Crippen LogP contribution in [0.3, 0.4) is 0 Å². The maximum Gasteiger partial charge on any atom is 0.257 e. The highest BCUT2D eigenvalue weighted by Gasteiger charge is 2.11. The van der Waals surface area contributed by atoms with Crippen LogP contribution in [0.4, 0.5) is 11.4 Å². The first-order chi connectivity index (χ1) is 15.4. The summed E-state index contributed by atoms with van der Waals surface area (Å²) in [6.45, 7) is 2.33. The van der Waals surface area contributed by atoms with Crippen molar-refractivity contribution < 1.29 is 14.3 Å². The summed E-state index contributed by atoms with van der Waals surface area (Å²) in [5, 5.41) is 8.89. The third-order valence-electron chi connectivity index (χ3n) is 4.36. The highest BCUT2D eigenvalue weighted by molar-refractivity contribution is 7.80. The summed E-state index contributed by atoms with van der Waals surface area (Å²) >= 11 is 11.3. The molecule has 2 amide bonds. The average molecular weight is 468 g/mol. The van der Waals surface area contributed by atoms with Gasteiger partial charge in [0.25, 0.3) is 5.91 Å². The zero-order valence-corrected chi connectivity index (χ0v) is 18.9. The van der Waals surface area contributed by atoms with E-state index in [0.29, 0.717) is 40.7 Å². The lowest BCUT2D eigenvalue weighted by Gasteiger charge is -2.12. The molecule has 0 radical (unpaired) electrons. The zero-order valence-electron chi connectivity index (χ0n) is 17.4. The molecule has 8 heteroatoms. The van der Waals surface area contributed by atoms with Gasteiger partial charge in [0, 0.05) is 16.9 Å². The van der Waals surface area contributed by atoms with E-state index in [0.717, 1.165) is 5.56 Å². The number of carbonyl (C=O) groups is 2. The predicted octanol–water partition coefficient (Wildman–Crippen LogP) is 5.05. The minimum Gasteiger partial charge on any atom is -0.492 e. The Kier molecular flexibility index (Phi) is 8.19. The number of rotatable bonds is 7. The molecule has 0 fully saturated rings. The first-order valence-electron chi connectivity index (χ1n) is 9.93. The van der Waals surface area contributed by atoms with Crippen LogP contribution in [0.15, 0.2) is 72.8 Å². The Morgan fingerprint density at radius 2 is 1.59 bits per heavy atom. The Hall–Kier alpha value is -3.42. The minimum absolute atomic E-state index is 0.103. The number of ether oxygens (including phenoxy) is 1. The van der Waals surface area contributed by atoms with Crippen molar-refractivity contribution in [1.82, 2.24) is 5.32 Å². The summed E-state index contributed by atoms with van der Waals surface area (Å²) < 4.78 is 5.37. The fourth-order valence-electron chi connectivity index (χ4n) is 2.88. The number of halogens is 1. The number of nitrogens with one attached hydrogen (secondary N) is 3. The Bertz CT molecular complexity index is 1110. The van der Waals surface area contributed by atoms with Crippen molar-refractivity contribution in [1.29, 1.82) is 0 Å². The minimum atomic E-state index is -0.391. The quantitative estimate of drug-likeness (QED) is 0.424. The number of amides is 2. The van der Waals surface area contributed by atoms with Crippen LogP contribution in [0, 0.1) is 0 Å². The number of anilines is 2. The van der Waals surface area contributed by atoms with Gasteiger partial charge in [0.2, 0.25) is 5.91 Å². The molecule has 0 saturated heterocycles. The predicted molar refractivity (Wildman–Crippen MR) is 132 cm³/mol. The van der Waals surface area contributed by atoms with Crippen LogP contribution in [-0.4, -0.2) is 23.5 Å². The molecule has 3 aromatic carbocycles. The Morgan fingerprint density at radius 1 is 0.938 bits per heavy atom. The SMILES string of the molecule is CCOc1ccc(C(=O)NC(=S)Nc2ccc(NC(=O)Cc3ccccc3)cc2)cc1Cl. The van der Waals surface area contributed by atoms with Crippen LogP contribution in [0.5, 0.6) is 5.75 Å². The molecule has 0 heterocycles. The Balaban J connectivity index is 1.51. The van der Waals surface area contributed by atoms with Crippen LogP contribution in [0.2, 0.25) is 5.02 Å². The standard InChI is InChI=1S/C24H22ClN3O3S/c1-2-31-21-13-8-17(15-20(21)25)23(30)28-24(32)27-19-11-9-18(10-12-19)26-22(29)14-16-6-4-3-5-7-16/h3-13,15H,2,14H2,1H3,(H,26,29)(H2,27,28,30,32). The molecule has 0 aromatic heterocycles. The lowest BCUT2D eigenvalue weighted by molar-refractivity contribution is -0.115. The molecule has 0 aliphatic rings. The first-order valence-corrected chi connectivity index (χ1v) is 10.7. The van der Waals surface area contributed by atoms with Crippen molar-refractivity contribution in [3.63, 3.8) is 0 Å². The fourth-order valence-corrected chi connectivity index (χ4v) is 3.32. The van der Waals surface area contributed by atoms with E-state index in [-0.39, 0.29) is 11.0 Å². The monoisotopic (exact) mass is 467 g/mol. The zero-order chi connectivity index (χ0) is 22.9. The van der Waals surface area contributed by atoms with E-state index in [2.05, 4.69) is 16.0 Å². The van der Waals surface area contributed by atoms with Crippen LogP contribution in [-0.2, 0) is 11.2 Å². The molecular formula is C24H22ClN3O3S. The highest BCUT2D eigenvalue weighted by atomic mass is 35.5. The van der Waals surface area contributed by atoms with Gasteiger partial charge in [-0.05, 0) is 67.2 Å². The van der Waals surface area contributed by atoms with E-state index >= 15 is 0 Å². The van der Waals surface area contributed by atoms with Gasteiger partial charge in [-0.15, -0.1) is 0 Å². The van der Waals surface area contributed by atoms with Crippen molar-refractivity contribution in [2.24, 2.45) is 0 Å². The van der Waals surface area contributed by atoms with E-state index in [9.17, 15) is 9.59 Å². The number of hydrogen-bond acceptors (Lipinski definition) is 4. The van der Waals surface area contributed by atoms with Gasteiger partial charge in [0.15, 0.2) is 5.11 Å². The first kappa shape index (κ1) is 23.2. The smallest absolute Gasteiger partial charge is 0.257 e. The second kappa shape index (κ2) is 11.3. The van der Waals surface area contributed by atoms with Crippen molar-refractivity contribution in [3.8, 4) is 5.75 Å². The number of benzene rings is 3. The van der Waals surface area contributed by atoms with Gasteiger partial charge in [-0.1, -0.05) is 41.9 Å². The van der Waals surface area contributed by atoms with Crippen molar-refractivity contribution >= 4 is 52.1 Å². The van der Waals surface area contributed by atoms with E-state index in [1.165, 1.54) is 6.07 Å². The Labute approximate surface area is 196 Å². The lowest BCUT2D eigenvalue weighted by Crippen LogP contribution is -2.34. The molecule has 0 atom stereocenters. The molecule has 0 aliphatic heterocycles. The summed E-state index contributed by atoms with van der Waals surface area (Å²) in [7, 11) is 0. The van der Waals surface area contributed by atoms with Gasteiger partial charge in [0.1, 0.15) is 5.75 Å². The summed E-state index contributed by atoms with van der Waals surface area (Å²) in [5.74, 6) is 0.0216. The highest BCUT2D eigenvalue weighted by Crippen LogP contribution is 2.25. The molecular weight excluding hydrogens is 446 g/mol. The van der Waals surface area contributed by atoms with Crippen LogP contribution < -0.4 is 20.7 Å². The van der Waals surface area contributed by atoms with E-state index < -0.39 is 5.91 Å². The van der Waals surface area contributed by atoms with E-state index in [4.69, 9.17) is 28.6 Å². The van der Waals surface area contributed by atoms with Gasteiger partial charge in [-0.25, -0.2) is 0 Å². The van der Waals surface area contributed by atoms with Crippen molar-refractivity contribution in [2.45, 2.75) is 13.3 Å². The van der Waals surface area contributed by atoms with E-state index in [1.54, 1.807) is 36.4 Å². The number of hydrogen-bond donors (Lipinski definition) is 3. The summed E-state index contributed by atoms with van der Waals surface area (Å²) in [6.07, 6.45) is 0.298. The Morgan fingerprint density at radius 3 is 2.22 bits per heavy atom. The fraction of sp³-hybridized carbons (Fsp3) is 0.125. The summed E-state index contributed by atoms with van der Waals surface area (Å²) in [5.41, 5.74) is 2.63. The van der Waals surface area contributed by atoms with E-state index in [1.807, 2.05) is 37.3 Å². The van der Waals surface area contributed by atoms with Gasteiger partial charge < -0.3 is 15.4 Å². The number of carbonyl (C=O) groups excluding carboxylic acids is 2. The van der Waals surface area contributed by atoms with Gasteiger partial charge in [0.05, 0.1) is 18.1 Å². The molecule has 0 aliphatic carbocycles. The molecule has 0 bridgehead atoms. The second-order valence-corrected chi connectivity index (χ2v) is 7.59. The van der Waals surface area contributed by atoms with Gasteiger partial charge >= 0.3 is 0 Å². The van der Waals surface area contributed by atoms with Crippen molar-refractivity contribution in [2.75, 3.05) is 17.2 Å². The third kappa shape index (κ3) is 6.80. The van der Waals surface area contributed by atoms with Crippen LogP contribution in [0.25, 0.3) is 0 Å². The average Bonchev–Trinajstić information content (AvgIpc) is 2.77. The second-order valence-electron chi connectivity index (χ2n) is 6.77. The largest absolute Gasteiger partial charge is 0.492 e. The third-order valence-corrected chi connectivity index (χ3v) is 4.85. The molecule has 164 valence electrons. The maximum absolute atomic E-state index is 12.4. The summed E-state index contributed by atoms with van der Waals surface area (Å²) in [6, 6.07) is 21.3. The normalized spacial score (nSPS) is 10.2. The molecule has 0 spiro atoms. The molecule has 6 nitrogen and oxygen atoms in total. The van der Waals surface area contributed by atoms with Crippen LogP contribution >= 0.6 is 23.8 Å². The molecule has 0 unspecified atom stereocenters. The molecule has 3 aromatic rings. The molecule has 32 heavy (non-hydrogen) atoms. The van der Waals surface area contributed by atoms with Crippen molar-refractivity contribution in [3.05, 3.63) is 88.9 Å². The number of thiocarbonyl (C=S) groups is 1. The van der Waals surface area contributed by atoms with Crippen LogP contribution in [0.1, 0.15) is 22.8 Å². The van der Waals surface area contributed by atoms with Gasteiger partial charge in [-0.2, -0.15) is 0 Å². The molecule has 0 saturated carbocycles. The molecule has 3 N–H and O–H groups in total.